The highest BCUT2D eigenvalue weighted by atomic mass is 35.5. The van der Waals surface area contributed by atoms with Crippen molar-refractivity contribution in [3.63, 3.8) is 0 Å². The maximum absolute atomic E-state index is 10.8. The topological polar surface area (TPSA) is 62.3 Å². The van der Waals surface area contributed by atoms with Crippen LogP contribution in [0, 0.1) is 0 Å². The van der Waals surface area contributed by atoms with Crippen LogP contribution in [0.15, 0.2) is 36.5 Å². The Morgan fingerprint density at radius 1 is 1.20 bits per heavy atom. The van der Waals surface area contributed by atoms with Crippen LogP contribution in [0.4, 0.5) is 0 Å². The maximum Gasteiger partial charge on any atom is 0.307 e. The predicted octanol–water partition coefficient (Wildman–Crippen LogP) is 5.85. The van der Waals surface area contributed by atoms with Crippen molar-refractivity contribution in [2.75, 3.05) is 0 Å². The molecule has 130 valence electrons. The number of carboxylic acid groups (broad SMARTS) is 1. The van der Waals surface area contributed by atoms with Gasteiger partial charge in [0.05, 0.1) is 16.5 Å². The number of hydrogen-bond donors (Lipinski definition) is 2. The van der Waals surface area contributed by atoms with Gasteiger partial charge in [-0.3, -0.25) is 4.79 Å². The molecule has 0 saturated heterocycles. The van der Waals surface area contributed by atoms with Crippen molar-refractivity contribution in [1.82, 2.24) is 4.98 Å². The summed E-state index contributed by atoms with van der Waals surface area (Å²) in [7, 11) is 0. The molecule has 0 atom stereocenters. The molecular formula is C19H17Cl2NO3. The molecule has 0 saturated carbocycles. The number of hydrogen-bond acceptors (Lipinski definition) is 2. The highest BCUT2D eigenvalue weighted by Gasteiger charge is 2.13. The Morgan fingerprint density at radius 2 is 1.92 bits per heavy atom. The fourth-order valence-corrected chi connectivity index (χ4v) is 3.41. The average Bonchev–Trinajstić information content (AvgIpc) is 2.93. The second kappa shape index (κ2) is 7.38. The summed E-state index contributed by atoms with van der Waals surface area (Å²) in [5.74, 6) is 0.00537. The van der Waals surface area contributed by atoms with E-state index in [1.807, 2.05) is 24.4 Å². The molecule has 4 nitrogen and oxygen atoms in total. The normalized spacial score (nSPS) is 11.0. The van der Waals surface area contributed by atoms with Gasteiger partial charge in [0.25, 0.3) is 0 Å². The number of aromatic amines is 1. The Kier molecular flexibility index (Phi) is 5.21. The highest BCUT2D eigenvalue weighted by molar-refractivity contribution is 6.37. The fraction of sp³-hybridized carbons (Fsp3) is 0.211. The van der Waals surface area contributed by atoms with Gasteiger partial charge in [-0.15, -0.1) is 0 Å². The Hall–Kier alpha value is -2.17. The zero-order valence-electron chi connectivity index (χ0n) is 13.6. The van der Waals surface area contributed by atoms with Crippen LogP contribution in [-0.2, 0) is 17.6 Å². The molecule has 2 N–H and O–H groups in total. The van der Waals surface area contributed by atoms with E-state index in [0.29, 0.717) is 17.1 Å². The second-order valence-electron chi connectivity index (χ2n) is 5.83. The molecule has 2 aromatic carbocycles. The number of benzene rings is 2. The lowest BCUT2D eigenvalue weighted by molar-refractivity contribution is -0.136. The minimum atomic E-state index is -0.942. The largest absolute Gasteiger partial charge is 0.481 e. The van der Waals surface area contributed by atoms with Gasteiger partial charge in [-0.2, -0.15) is 0 Å². The van der Waals surface area contributed by atoms with Crippen LogP contribution >= 0.6 is 23.2 Å². The summed E-state index contributed by atoms with van der Waals surface area (Å²) in [5.41, 5.74) is 2.81. The van der Waals surface area contributed by atoms with E-state index in [1.54, 1.807) is 12.1 Å². The fourth-order valence-electron chi connectivity index (χ4n) is 2.80. The minimum Gasteiger partial charge on any atom is -0.481 e. The third-order valence-electron chi connectivity index (χ3n) is 3.89. The van der Waals surface area contributed by atoms with E-state index in [4.69, 9.17) is 33.0 Å². The summed E-state index contributed by atoms with van der Waals surface area (Å²) in [5, 5.41) is 10.6. The van der Waals surface area contributed by atoms with Gasteiger partial charge in [-0.05, 0) is 47.9 Å². The number of aliphatic carboxylic acids is 1. The molecule has 0 spiro atoms. The molecule has 0 bridgehead atoms. The third-order valence-corrected chi connectivity index (χ3v) is 4.45. The number of halogens is 2. The quantitative estimate of drug-likeness (QED) is 0.566. The van der Waals surface area contributed by atoms with E-state index >= 15 is 0 Å². The van der Waals surface area contributed by atoms with Gasteiger partial charge in [0.2, 0.25) is 0 Å². The van der Waals surface area contributed by atoms with E-state index in [2.05, 4.69) is 11.9 Å². The van der Waals surface area contributed by atoms with Crippen molar-refractivity contribution in [2.45, 2.75) is 26.2 Å². The number of aromatic nitrogens is 1. The number of aryl methyl sites for hydroxylation is 1. The standard InChI is InChI=1S/C19H17Cl2NO3/c1-2-3-12-10-22-17-5-4-13(9-14(12)17)25-19-15(20)6-11(7-16(19)21)8-18(23)24/h4-7,9-10,22H,2-3,8H2,1H3,(H,23,24). The number of rotatable bonds is 6. The molecule has 3 rings (SSSR count). The monoisotopic (exact) mass is 377 g/mol. The number of H-pyrrole nitrogens is 1. The Morgan fingerprint density at radius 3 is 2.56 bits per heavy atom. The van der Waals surface area contributed by atoms with E-state index in [-0.39, 0.29) is 16.5 Å². The summed E-state index contributed by atoms with van der Waals surface area (Å²) >= 11 is 12.5. The first-order valence-electron chi connectivity index (χ1n) is 7.95. The summed E-state index contributed by atoms with van der Waals surface area (Å²) < 4.78 is 5.89. The number of nitrogens with one attached hydrogen (secondary N) is 1. The summed E-state index contributed by atoms with van der Waals surface area (Å²) in [6.45, 7) is 2.14. The van der Waals surface area contributed by atoms with Gasteiger partial charge < -0.3 is 14.8 Å². The van der Waals surface area contributed by atoms with Crippen molar-refractivity contribution >= 4 is 40.1 Å². The van der Waals surface area contributed by atoms with E-state index in [1.165, 1.54) is 5.56 Å². The molecule has 6 heteroatoms. The Labute approximate surface area is 155 Å². The van der Waals surface area contributed by atoms with Crippen molar-refractivity contribution in [3.8, 4) is 11.5 Å². The first-order chi connectivity index (χ1) is 12.0. The van der Waals surface area contributed by atoms with Crippen molar-refractivity contribution < 1.29 is 14.6 Å². The smallest absolute Gasteiger partial charge is 0.307 e. The molecule has 25 heavy (non-hydrogen) atoms. The highest BCUT2D eigenvalue weighted by Crippen LogP contribution is 2.38. The van der Waals surface area contributed by atoms with Crippen LogP contribution in [0.25, 0.3) is 10.9 Å². The van der Waals surface area contributed by atoms with Crippen molar-refractivity contribution in [1.29, 1.82) is 0 Å². The molecule has 0 radical (unpaired) electrons. The zero-order valence-corrected chi connectivity index (χ0v) is 15.1. The third kappa shape index (κ3) is 3.91. The molecule has 3 aromatic rings. The molecule has 0 unspecified atom stereocenters. The minimum absolute atomic E-state index is 0.143. The average molecular weight is 378 g/mol. The summed E-state index contributed by atoms with van der Waals surface area (Å²) in [4.78, 5) is 14.1. The first kappa shape index (κ1) is 17.6. The van der Waals surface area contributed by atoms with Crippen LogP contribution in [0.1, 0.15) is 24.5 Å². The molecule has 0 aliphatic carbocycles. The lowest BCUT2D eigenvalue weighted by Crippen LogP contribution is -2.00. The number of carboxylic acids is 1. The van der Waals surface area contributed by atoms with Gasteiger partial charge in [-0.25, -0.2) is 0 Å². The molecule has 1 aromatic heterocycles. The maximum atomic E-state index is 10.8. The molecule has 1 heterocycles. The van der Waals surface area contributed by atoms with Crippen LogP contribution in [0.3, 0.4) is 0 Å². The van der Waals surface area contributed by atoms with Crippen molar-refractivity contribution in [3.05, 3.63) is 57.7 Å². The lowest BCUT2D eigenvalue weighted by atomic mass is 10.1. The lowest BCUT2D eigenvalue weighted by Gasteiger charge is -2.11. The number of ether oxygens (including phenoxy) is 1. The molecule has 0 fully saturated rings. The van der Waals surface area contributed by atoms with Gasteiger partial charge in [-0.1, -0.05) is 36.5 Å². The van der Waals surface area contributed by atoms with Crippen LogP contribution in [0.2, 0.25) is 10.0 Å². The molecular weight excluding hydrogens is 361 g/mol. The van der Waals surface area contributed by atoms with Gasteiger partial charge in [0.1, 0.15) is 5.75 Å². The van der Waals surface area contributed by atoms with Crippen LogP contribution < -0.4 is 4.74 Å². The van der Waals surface area contributed by atoms with Crippen molar-refractivity contribution in [2.24, 2.45) is 0 Å². The predicted molar refractivity (Wildman–Crippen MR) is 100 cm³/mol. The number of fused-ring (bicyclic) bond motifs is 1. The SMILES string of the molecule is CCCc1c[nH]c2ccc(Oc3c(Cl)cc(CC(=O)O)cc3Cl)cc12. The van der Waals surface area contributed by atoms with Gasteiger partial charge >= 0.3 is 5.97 Å². The van der Waals surface area contributed by atoms with Gasteiger partial charge in [0, 0.05) is 17.1 Å². The second-order valence-corrected chi connectivity index (χ2v) is 6.65. The Bertz CT molecular complexity index is 911. The Balaban J connectivity index is 1.92. The molecule has 0 aliphatic heterocycles. The zero-order chi connectivity index (χ0) is 18.0. The van der Waals surface area contributed by atoms with E-state index in [0.717, 1.165) is 23.7 Å². The molecule has 0 aliphatic rings. The summed E-state index contributed by atoms with van der Waals surface area (Å²) in [6.07, 6.45) is 3.91. The van der Waals surface area contributed by atoms with Crippen LogP contribution in [-0.4, -0.2) is 16.1 Å². The summed E-state index contributed by atoms with van der Waals surface area (Å²) in [6, 6.07) is 8.87. The van der Waals surface area contributed by atoms with E-state index in [9.17, 15) is 4.79 Å². The number of carbonyl (C=O) groups is 1. The first-order valence-corrected chi connectivity index (χ1v) is 8.71. The van der Waals surface area contributed by atoms with Crippen LogP contribution in [0.5, 0.6) is 11.5 Å². The molecule has 0 amide bonds. The van der Waals surface area contributed by atoms with Gasteiger partial charge in [0.15, 0.2) is 5.75 Å². The van der Waals surface area contributed by atoms with E-state index < -0.39 is 5.97 Å².